The molecule has 4 heteroatoms. The summed E-state index contributed by atoms with van der Waals surface area (Å²) < 4.78 is 2.20. The quantitative estimate of drug-likeness (QED) is 0.420. The van der Waals surface area contributed by atoms with E-state index in [2.05, 4.69) is 60.3 Å². The minimum Gasteiger partial charge on any atom is -0.318 e. The number of anilines is 1. The molecule has 1 atom stereocenters. The Balaban J connectivity index is 1.61. The van der Waals surface area contributed by atoms with Gasteiger partial charge in [0.05, 0.1) is 18.3 Å². The Labute approximate surface area is 182 Å². The van der Waals surface area contributed by atoms with Crippen LogP contribution in [-0.4, -0.2) is 15.5 Å². The van der Waals surface area contributed by atoms with Gasteiger partial charge in [0.1, 0.15) is 0 Å². The molecule has 0 bridgehead atoms. The third kappa shape index (κ3) is 3.50. The lowest BCUT2D eigenvalue weighted by molar-refractivity contribution is 0.194. The molecular formula is C27H25N3O. The van der Waals surface area contributed by atoms with Crippen LogP contribution in [-0.2, 0) is 6.54 Å². The molecule has 1 aliphatic heterocycles. The van der Waals surface area contributed by atoms with E-state index in [1.807, 2.05) is 59.5 Å². The minimum absolute atomic E-state index is 0.110. The van der Waals surface area contributed by atoms with Gasteiger partial charge in [0.15, 0.2) is 0 Å². The lowest BCUT2D eigenvalue weighted by atomic mass is 10.0. The number of para-hydroxylation sites is 1. The molecule has 3 aromatic carbocycles. The van der Waals surface area contributed by atoms with Gasteiger partial charge >= 0.3 is 6.03 Å². The van der Waals surface area contributed by atoms with E-state index in [1.54, 1.807) is 0 Å². The van der Waals surface area contributed by atoms with Crippen molar-refractivity contribution in [3.8, 4) is 5.69 Å². The number of aryl methyl sites for hydroxylation is 2. The van der Waals surface area contributed by atoms with Gasteiger partial charge in [-0.15, -0.1) is 0 Å². The highest BCUT2D eigenvalue weighted by atomic mass is 16.2. The zero-order valence-corrected chi connectivity index (χ0v) is 17.7. The molecule has 1 N–H and O–H groups in total. The molecule has 0 fully saturated rings. The molecule has 2 amide bonds. The highest BCUT2D eigenvalue weighted by Gasteiger charge is 2.32. The van der Waals surface area contributed by atoms with Crippen molar-refractivity contribution in [1.29, 1.82) is 0 Å². The van der Waals surface area contributed by atoms with Crippen molar-refractivity contribution in [1.82, 2.24) is 9.47 Å². The van der Waals surface area contributed by atoms with E-state index < -0.39 is 0 Å². The summed E-state index contributed by atoms with van der Waals surface area (Å²) >= 11 is 0. The predicted molar refractivity (Wildman–Crippen MR) is 125 cm³/mol. The summed E-state index contributed by atoms with van der Waals surface area (Å²) in [7, 11) is 0. The zero-order valence-electron chi connectivity index (χ0n) is 17.7. The average Bonchev–Trinajstić information content (AvgIpc) is 3.21. The fraction of sp³-hybridized carbons (Fsp3) is 0.148. The van der Waals surface area contributed by atoms with E-state index in [4.69, 9.17) is 0 Å². The fourth-order valence-corrected chi connectivity index (χ4v) is 4.34. The Morgan fingerprint density at radius 1 is 0.871 bits per heavy atom. The second kappa shape index (κ2) is 7.80. The van der Waals surface area contributed by atoms with E-state index in [0.717, 1.165) is 33.8 Å². The third-order valence-corrected chi connectivity index (χ3v) is 6.10. The predicted octanol–water partition coefficient (Wildman–Crippen LogP) is 6.23. The van der Waals surface area contributed by atoms with Crippen molar-refractivity contribution in [2.75, 3.05) is 5.32 Å². The maximum absolute atomic E-state index is 13.6. The molecule has 0 aliphatic carbocycles. The van der Waals surface area contributed by atoms with Crippen molar-refractivity contribution in [2.45, 2.75) is 26.4 Å². The summed E-state index contributed by atoms with van der Waals surface area (Å²) in [6.07, 6.45) is 2.08. The minimum atomic E-state index is -0.199. The standard InChI is InChI=1S/C27H25N3O/c1-19-14-15-23(17-20(19)2)28-27(31)30-18-22-11-6-7-12-24(22)29-16-8-13-25(29)26(30)21-9-4-3-5-10-21/h3-17,26H,18H2,1-2H3,(H,28,31). The number of hydrogen-bond donors (Lipinski definition) is 1. The summed E-state index contributed by atoms with van der Waals surface area (Å²) in [6, 6.07) is 28.4. The van der Waals surface area contributed by atoms with Gasteiger partial charge in [0.25, 0.3) is 0 Å². The second-order valence-electron chi connectivity index (χ2n) is 8.10. The molecular weight excluding hydrogens is 382 g/mol. The molecule has 0 radical (unpaired) electrons. The monoisotopic (exact) mass is 407 g/mol. The smallest absolute Gasteiger partial charge is 0.318 e. The van der Waals surface area contributed by atoms with Crippen LogP contribution in [0.5, 0.6) is 0 Å². The first kappa shape index (κ1) is 19.2. The molecule has 4 nitrogen and oxygen atoms in total. The van der Waals surface area contributed by atoms with Gasteiger partial charge in [-0.3, -0.25) is 0 Å². The van der Waals surface area contributed by atoms with Crippen molar-refractivity contribution in [2.24, 2.45) is 0 Å². The van der Waals surface area contributed by atoms with Crippen molar-refractivity contribution < 1.29 is 4.79 Å². The average molecular weight is 408 g/mol. The highest BCUT2D eigenvalue weighted by molar-refractivity contribution is 5.90. The van der Waals surface area contributed by atoms with Gasteiger partial charge in [0, 0.05) is 17.6 Å². The van der Waals surface area contributed by atoms with Crippen LogP contribution in [0, 0.1) is 13.8 Å². The van der Waals surface area contributed by atoms with Crippen molar-refractivity contribution in [3.63, 3.8) is 0 Å². The highest BCUT2D eigenvalue weighted by Crippen LogP contribution is 2.36. The number of nitrogens with one attached hydrogen (secondary N) is 1. The van der Waals surface area contributed by atoms with Crippen LogP contribution in [0.1, 0.15) is 34.0 Å². The van der Waals surface area contributed by atoms with Crippen molar-refractivity contribution in [3.05, 3.63) is 119 Å². The number of benzene rings is 3. The lowest BCUT2D eigenvalue weighted by Crippen LogP contribution is -2.37. The van der Waals surface area contributed by atoms with Crippen LogP contribution in [0.25, 0.3) is 5.69 Å². The Morgan fingerprint density at radius 3 is 2.45 bits per heavy atom. The molecule has 1 aromatic heterocycles. The first-order valence-corrected chi connectivity index (χ1v) is 10.6. The molecule has 5 rings (SSSR count). The number of carbonyl (C=O) groups is 1. The molecule has 0 saturated heterocycles. The van der Waals surface area contributed by atoms with Gasteiger partial charge in [-0.25, -0.2) is 4.79 Å². The van der Waals surface area contributed by atoms with E-state index >= 15 is 0 Å². The van der Waals surface area contributed by atoms with Crippen LogP contribution in [0.4, 0.5) is 10.5 Å². The summed E-state index contributed by atoms with van der Waals surface area (Å²) in [4.78, 5) is 15.6. The van der Waals surface area contributed by atoms with Gasteiger partial charge in [-0.2, -0.15) is 0 Å². The molecule has 154 valence electrons. The molecule has 31 heavy (non-hydrogen) atoms. The maximum Gasteiger partial charge on any atom is 0.322 e. The molecule has 2 heterocycles. The molecule has 0 saturated carbocycles. The summed E-state index contributed by atoms with van der Waals surface area (Å²) in [6.45, 7) is 4.66. The van der Waals surface area contributed by atoms with Gasteiger partial charge in [0.2, 0.25) is 0 Å². The summed E-state index contributed by atoms with van der Waals surface area (Å²) in [5.41, 5.74) is 7.58. The number of carbonyl (C=O) groups excluding carboxylic acids is 1. The van der Waals surface area contributed by atoms with Crippen LogP contribution in [0.15, 0.2) is 91.1 Å². The van der Waals surface area contributed by atoms with Gasteiger partial charge < -0.3 is 14.8 Å². The number of urea groups is 1. The van der Waals surface area contributed by atoms with Crippen molar-refractivity contribution >= 4 is 11.7 Å². The van der Waals surface area contributed by atoms with Crippen LogP contribution < -0.4 is 5.32 Å². The lowest BCUT2D eigenvalue weighted by Gasteiger charge is -2.31. The van der Waals surface area contributed by atoms with E-state index in [1.165, 1.54) is 5.56 Å². The largest absolute Gasteiger partial charge is 0.322 e. The number of rotatable bonds is 2. The molecule has 1 unspecified atom stereocenters. The van der Waals surface area contributed by atoms with E-state index in [0.29, 0.717) is 6.54 Å². The van der Waals surface area contributed by atoms with Crippen LogP contribution in [0.3, 0.4) is 0 Å². The van der Waals surface area contributed by atoms with Crippen LogP contribution in [0.2, 0.25) is 0 Å². The Morgan fingerprint density at radius 2 is 1.65 bits per heavy atom. The number of fused-ring (bicyclic) bond motifs is 3. The van der Waals surface area contributed by atoms with Gasteiger partial charge in [-0.1, -0.05) is 54.6 Å². The number of amides is 2. The maximum atomic E-state index is 13.6. The normalized spacial score (nSPS) is 15.0. The Hall–Kier alpha value is -3.79. The summed E-state index contributed by atoms with van der Waals surface area (Å²) in [5.74, 6) is 0. The number of aromatic nitrogens is 1. The third-order valence-electron chi connectivity index (χ3n) is 6.10. The number of hydrogen-bond acceptors (Lipinski definition) is 1. The van der Waals surface area contributed by atoms with Gasteiger partial charge in [-0.05, 0) is 66.4 Å². The molecule has 1 aliphatic rings. The molecule has 4 aromatic rings. The Bertz CT molecular complexity index is 1240. The number of nitrogens with zero attached hydrogens (tertiary/aromatic N) is 2. The zero-order chi connectivity index (χ0) is 21.4. The summed E-state index contributed by atoms with van der Waals surface area (Å²) in [5, 5.41) is 3.14. The fourth-order valence-electron chi connectivity index (χ4n) is 4.34. The van der Waals surface area contributed by atoms with Crippen LogP contribution >= 0.6 is 0 Å². The second-order valence-corrected chi connectivity index (χ2v) is 8.10. The molecule has 0 spiro atoms. The first-order chi connectivity index (χ1) is 15.1. The van der Waals surface area contributed by atoms with E-state index in [-0.39, 0.29) is 12.1 Å². The topological polar surface area (TPSA) is 37.3 Å². The van der Waals surface area contributed by atoms with E-state index in [9.17, 15) is 4.79 Å². The SMILES string of the molecule is Cc1ccc(NC(=O)N2Cc3ccccc3-n3cccc3C2c2ccccc2)cc1C. The first-order valence-electron chi connectivity index (χ1n) is 10.6. The Kier molecular flexibility index (Phi) is 4.83.